The lowest BCUT2D eigenvalue weighted by Gasteiger charge is -2.11. The molecule has 0 aliphatic carbocycles. The second-order valence-electron chi connectivity index (χ2n) is 5.36. The lowest BCUT2D eigenvalue weighted by atomic mass is 10.2. The Balaban J connectivity index is 1.98. The monoisotopic (exact) mass is 454 g/mol. The number of rotatable bonds is 3. The van der Waals surface area contributed by atoms with Crippen LogP contribution in [-0.2, 0) is 4.79 Å². The number of phenolic OH excluding ortho intramolecular Hbond substituents is 1. The topological polar surface area (TPSA) is 52.9 Å². The van der Waals surface area contributed by atoms with Gasteiger partial charge in [0.05, 0.1) is 15.1 Å². The molecule has 1 aliphatic heterocycles. The zero-order valence-corrected chi connectivity index (χ0v) is 16.7. The number of thioether (sulfide) groups is 1. The summed E-state index contributed by atoms with van der Waals surface area (Å²) < 4.78 is 13.5. The van der Waals surface area contributed by atoms with Gasteiger partial charge in [0.2, 0.25) is 0 Å². The van der Waals surface area contributed by atoms with E-state index in [-0.39, 0.29) is 17.5 Å². The maximum atomic E-state index is 13.0. The van der Waals surface area contributed by atoms with Gasteiger partial charge in [-0.1, -0.05) is 11.6 Å². The Hall–Kier alpha value is -1.83. The fourth-order valence-corrected chi connectivity index (χ4v) is 4.22. The van der Waals surface area contributed by atoms with E-state index >= 15 is 0 Å². The summed E-state index contributed by atoms with van der Waals surface area (Å²) in [6.45, 7) is 2.28. The third kappa shape index (κ3) is 3.95. The number of amidine groups is 1. The summed E-state index contributed by atoms with van der Waals surface area (Å²) in [5, 5.41) is 11.1. The molecule has 1 fully saturated rings. The smallest absolute Gasteiger partial charge is 0.266 e. The van der Waals surface area contributed by atoms with Crippen molar-refractivity contribution in [3.63, 3.8) is 0 Å². The predicted octanol–water partition coefficient (Wildman–Crippen LogP) is 5.57. The first-order valence-corrected chi connectivity index (χ1v) is 9.61. The second-order valence-corrected chi connectivity index (χ2v) is 7.66. The van der Waals surface area contributed by atoms with Gasteiger partial charge in [-0.15, -0.1) is 0 Å². The highest BCUT2D eigenvalue weighted by Crippen LogP contribution is 2.38. The highest BCUT2D eigenvalue weighted by atomic mass is 79.9. The number of phenols is 1. The van der Waals surface area contributed by atoms with Crippen LogP contribution in [0.25, 0.3) is 6.08 Å². The minimum Gasteiger partial charge on any atom is -0.506 e. The van der Waals surface area contributed by atoms with Crippen LogP contribution in [0, 0.1) is 5.82 Å². The third-order valence-corrected chi connectivity index (χ3v) is 5.43. The predicted molar refractivity (Wildman–Crippen MR) is 107 cm³/mol. The van der Waals surface area contributed by atoms with E-state index in [1.54, 1.807) is 30.3 Å². The number of hydrogen-bond donors (Lipinski definition) is 1. The van der Waals surface area contributed by atoms with E-state index in [0.717, 1.165) is 0 Å². The first kappa shape index (κ1) is 18.9. The van der Waals surface area contributed by atoms with Crippen LogP contribution in [0.1, 0.15) is 12.5 Å². The molecule has 3 rings (SSSR count). The molecule has 0 atom stereocenters. The van der Waals surface area contributed by atoms with Gasteiger partial charge in [0, 0.05) is 17.1 Å². The quantitative estimate of drug-likeness (QED) is 0.616. The Morgan fingerprint density at radius 1 is 1.35 bits per heavy atom. The molecule has 0 aromatic heterocycles. The second kappa shape index (κ2) is 7.82. The number of aromatic hydroxyl groups is 1. The van der Waals surface area contributed by atoms with Crippen molar-refractivity contribution in [3.8, 4) is 5.75 Å². The van der Waals surface area contributed by atoms with Gasteiger partial charge in [0.1, 0.15) is 11.6 Å². The zero-order chi connectivity index (χ0) is 18.8. The lowest BCUT2D eigenvalue weighted by molar-refractivity contribution is -0.122. The molecule has 0 spiro atoms. The molecule has 1 heterocycles. The summed E-state index contributed by atoms with van der Waals surface area (Å²) in [4.78, 5) is 19.0. The number of halogens is 3. The van der Waals surface area contributed by atoms with Gasteiger partial charge >= 0.3 is 0 Å². The fraction of sp³-hybridized carbons (Fsp3) is 0.111. The van der Waals surface area contributed by atoms with Crippen molar-refractivity contribution in [2.45, 2.75) is 6.92 Å². The van der Waals surface area contributed by atoms with Crippen molar-refractivity contribution in [2.24, 2.45) is 4.99 Å². The van der Waals surface area contributed by atoms with Gasteiger partial charge in [-0.05, 0) is 77.1 Å². The van der Waals surface area contributed by atoms with Crippen molar-refractivity contribution in [1.29, 1.82) is 0 Å². The molecule has 0 bridgehead atoms. The van der Waals surface area contributed by atoms with Crippen LogP contribution in [0.5, 0.6) is 5.75 Å². The van der Waals surface area contributed by atoms with E-state index < -0.39 is 0 Å². The maximum absolute atomic E-state index is 13.0. The van der Waals surface area contributed by atoms with Gasteiger partial charge in [0.25, 0.3) is 5.91 Å². The molecular weight excluding hydrogens is 443 g/mol. The number of hydrogen-bond acceptors (Lipinski definition) is 4. The van der Waals surface area contributed by atoms with E-state index in [9.17, 15) is 14.3 Å². The van der Waals surface area contributed by atoms with Crippen molar-refractivity contribution >= 4 is 62.1 Å². The molecule has 1 saturated heterocycles. The number of likely N-dealkylation sites (N-methyl/N-ethyl adjacent to an activating group) is 1. The zero-order valence-electron chi connectivity index (χ0n) is 13.5. The van der Waals surface area contributed by atoms with Crippen molar-refractivity contribution in [1.82, 2.24) is 4.90 Å². The molecule has 0 radical (unpaired) electrons. The standard InChI is InChI=1S/C18H13BrClFN2O2S/c1-2-23-17(25)15(8-10-7-11(20)9-14(19)16(10)24)26-18(23)22-13-5-3-12(21)4-6-13/h3-9,24H,2H2,1H3/b15-8+,22-18?. The fourth-order valence-electron chi connectivity index (χ4n) is 2.33. The molecule has 8 heteroatoms. The van der Waals surface area contributed by atoms with Crippen LogP contribution in [0.15, 0.2) is 50.8 Å². The van der Waals surface area contributed by atoms with Gasteiger partial charge in [-0.2, -0.15) is 0 Å². The van der Waals surface area contributed by atoms with Gasteiger partial charge in [-0.3, -0.25) is 9.69 Å². The van der Waals surface area contributed by atoms with E-state index in [2.05, 4.69) is 20.9 Å². The molecule has 1 N–H and O–H groups in total. The minimum absolute atomic E-state index is 0.00210. The summed E-state index contributed by atoms with van der Waals surface area (Å²) in [7, 11) is 0. The van der Waals surface area contributed by atoms with E-state index in [1.807, 2.05) is 6.92 Å². The molecule has 1 amide bonds. The molecule has 2 aromatic rings. The first-order chi connectivity index (χ1) is 12.4. The van der Waals surface area contributed by atoms with E-state index in [0.29, 0.717) is 37.4 Å². The van der Waals surface area contributed by atoms with Crippen LogP contribution in [0.3, 0.4) is 0 Å². The number of amides is 1. The van der Waals surface area contributed by atoms with E-state index in [1.165, 1.54) is 28.8 Å². The number of carbonyl (C=O) groups excluding carboxylic acids is 1. The van der Waals surface area contributed by atoms with Crippen molar-refractivity contribution in [3.05, 3.63) is 62.2 Å². The van der Waals surface area contributed by atoms with Crippen molar-refractivity contribution in [2.75, 3.05) is 6.54 Å². The lowest BCUT2D eigenvalue weighted by Crippen LogP contribution is -2.28. The molecule has 1 aliphatic rings. The number of carbonyl (C=O) groups is 1. The van der Waals surface area contributed by atoms with Crippen LogP contribution in [-0.4, -0.2) is 27.6 Å². The summed E-state index contributed by atoms with van der Waals surface area (Å²) >= 11 is 10.4. The Bertz CT molecular complexity index is 932. The summed E-state index contributed by atoms with van der Waals surface area (Å²) in [6, 6.07) is 8.87. The van der Waals surface area contributed by atoms with E-state index in [4.69, 9.17) is 11.6 Å². The minimum atomic E-state index is -0.348. The van der Waals surface area contributed by atoms with Gasteiger partial charge in [0.15, 0.2) is 5.17 Å². The Morgan fingerprint density at radius 2 is 2.04 bits per heavy atom. The SMILES string of the molecule is CCN1C(=O)/C(=C\c2cc(Cl)cc(Br)c2O)SC1=Nc1ccc(F)cc1. The van der Waals surface area contributed by atoms with Crippen LogP contribution in [0.4, 0.5) is 10.1 Å². The van der Waals surface area contributed by atoms with Crippen LogP contribution < -0.4 is 0 Å². The van der Waals surface area contributed by atoms with Crippen LogP contribution in [0.2, 0.25) is 5.02 Å². The first-order valence-electron chi connectivity index (χ1n) is 7.62. The number of nitrogens with zero attached hydrogens (tertiary/aromatic N) is 2. The van der Waals surface area contributed by atoms with Crippen molar-refractivity contribution < 1.29 is 14.3 Å². The molecule has 134 valence electrons. The van der Waals surface area contributed by atoms with Gasteiger partial charge in [-0.25, -0.2) is 9.38 Å². The molecule has 26 heavy (non-hydrogen) atoms. The molecule has 0 saturated carbocycles. The molecule has 0 unspecified atom stereocenters. The molecular formula is C18H13BrClFN2O2S. The normalized spacial score (nSPS) is 17.5. The molecule has 2 aromatic carbocycles. The Morgan fingerprint density at radius 3 is 2.69 bits per heavy atom. The maximum Gasteiger partial charge on any atom is 0.266 e. The summed E-state index contributed by atoms with van der Waals surface area (Å²) in [5.41, 5.74) is 0.981. The molecule has 4 nitrogen and oxygen atoms in total. The Labute approximate surface area is 167 Å². The Kier molecular flexibility index (Phi) is 5.70. The largest absolute Gasteiger partial charge is 0.506 e. The average molecular weight is 456 g/mol. The third-order valence-electron chi connectivity index (χ3n) is 3.60. The summed E-state index contributed by atoms with van der Waals surface area (Å²) in [5.74, 6) is -0.560. The number of benzene rings is 2. The highest BCUT2D eigenvalue weighted by molar-refractivity contribution is 9.10. The summed E-state index contributed by atoms with van der Waals surface area (Å²) in [6.07, 6.45) is 1.58. The highest BCUT2D eigenvalue weighted by Gasteiger charge is 2.32. The van der Waals surface area contributed by atoms with Gasteiger partial charge < -0.3 is 5.11 Å². The van der Waals surface area contributed by atoms with Crippen LogP contribution >= 0.6 is 39.3 Å². The average Bonchev–Trinajstić information content (AvgIpc) is 2.89. The number of aliphatic imine (C=N–C) groups is 1.